The number of hydrazine groups is 1. The summed E-state index contributed by atoms with van der Waals surface area (Å²) < 4.78 is 32.1. The Balaban J connectivity index is 1.74. The average Bonchev–Trinajstić information content (AvgIpc) is 2.85. The standard InChI is InChI=1S/C26H28N2O6S/c1-2-27-28(19-29)17-20-11-13-23(14-12-20)34-24-9-6-10-25(16-24)35(32,33)18-22(15-26(30)31)21-7-4-3-5-8-21/h3-14,16,19,22,27H,2,15,17-18H2,1H3,(H,30,31). The second-order valence-corrected chi connectivity index (χ2v) is 9.99. The summed E-state index contributed by atoms with van der Waals surface area (Å²) in [4.78, 5) is 22.5. The molecule has 1 atom stereocenters. The lowest BCUT2D eigenvalue weighted by Crippen LogP contribution is -2.35. The molecule has 0 heterocycles. The number of nitrogens with zero attached hydrogens (tertiary/aromatic N) is 1. The molecule has 2 N–H and O–H groups in total. The molecule has 1 amide bonds. The number of rotatable bonds is 13. The fraction of sp³-hybridized carbons (Fsp3) is 0.231. The van der Waals surface area contributed by atoms with Crippen LogP contribution in [0.4, 0.5) is 0 Å². The Morgan fingerprint density at radius 3 is 2.37 bits per heavy atom. The number of hydrogen-bond acceptors (Lipinski definition) is 6. The molecule has 0 saturated heterocycles. The van der Waals surface area contributed by atoms with Gasteiger partial charge in [-0.1, -0.05) is 55.5 Å². The third-order valence-corrected chi connectivity index (χ3v) is 7.09. The van der Waals surface area contributed by atoms with Crippen molar-refractivity contribution in [2.45, 2.75) is 30.7 Å². The zero-order valence-corrected chi connectivity index (χ0v) is 20.1. The lowest BCUT2D eigenvalue weighted by molar-refractivity contribution is -0.137. The van der Waals surface area contributed by atoms with Gasteiger partial charge in [0.05, 0.1) is 23.6 Å². The number of benzene rings is 3. The zero-order valence-electron chi connectivity index (χ0n) is 19.3. The van der Waals surface area contributed by atoms with Crippen molar-refractivity contribution < 1.29 is 27.9 Å². The molecule has 184 valence electrons. The Hall–Kier alpha value is -3.69. The molecule has 0 bridgehead atoms. The fourth-order valence-corrected chi connectivity index (χ4v) is 5.24. The van der Waals surface area contributed by atoms with Crippen molar-refractivity contribution >= 4 is 22.2 Å². The quantitative estimate of drug-likeness (QED) is 0.272. The van der Waals surface area contributed by atoms with E-state index in [1.54, 1.807) is 54.6 Å². The van der Waals surface area contributed by atoms with Gasteiger partial charge in [0.1, 0.15) is 11.5 Å². The normalized spacial score (nSPS) is 12.0. The molecule has 1 unspecified atom stereocenters. The summed E-state index contributed by atoms with van der Waals surface area (Å²) >= 11 is 0. The van der Waals surface area contributed by atoms with Crippen molar-refractivity contribution in [1.82, 2.24) is 10.4 Å². The van der Waals surface area contributed by atoms with E-state index in [0.717, 1.165) is 12.0 Å². The number of ether oxygens (including phenoxy) is 1. The predicted octanol–water partition coefficient (Wildman–Crippen LogP) is 3.99. The maximum absolute atomic E-state index is 13.1. The van der Waals surface area contributed by atoms with E-state index >= 15 is 0 Å². The number of sulfone groups is 1. The third kappa shape index (κ3) is 7.66. The summed E-state index contributed by atoms with van der Waals surface area (Å²) in [7, 11) is -3.79. The number of nitrogens with one attached hydrogen (secondary N) is 1. The SMILES string of the molecule is CCNN(C=O)Cc1ccc(Oc2cccc(S(=O)(=O)CC(CC(=O)O)c3ccccc3)c2)cc1. The number of carboxylic acids is 1. The molecule has 35 heavy (non-hydrogen) atoms. The van der Waals surface area contributed by atoms with Crippen molar-refractivity contribution in [3.8, 4) is 11.5 Å². The first-order valence-corrected chi connectivity index (χ1v) is 12.8. The van der Waals surface area contributed by atoms with Crippen LogP contribution in [0, 0.1) is 0 Å². The molecule has 0 saturated carbocycles. The minimum absolute atomic E-state index is 0.0604. The highest BCUT2D eigenvalue weighted by Gasteiger charge is 2.25. The van der Waals surface area contributed by atoms with Crippen LogP contribution in [0.3, 0.4) is 0 Å². The van der Waals surface area contributed by atoms with Crippen molar-refractivity contribution in [2.75, 3.05) is 12.3 Å². The van der Waals surface area contributed by atoms with E-state index in [-0.39, 0.29) is 17.1 Å². The van der Waals surface area contributed by atoms with E-state index in [4.69, 9.17) is 4.74 Å². The van der Waals surface area contributed by atoms with Gasteiger partial charge in [-0.15, -0.1) is 0 Å². The second-order valence-electron chi connectivity index (χ2n) is 7.95. The predicted molar refractivity (Wildman–Crippen MR) is 132 cm³/mol. The maximum atomic E-state index is 13.1. The van der Waals surface area contributed by atoms with Crippen LogP contribution in [0.5, 0.6) is 11.5 Å². The van der Waals surface area contributed by atoms with Crippen LogP contribution < -0.4 is 10.2 Å². The smallest absolute Gasteiger partial charge is 0.303 e. The molecule has 0 radical (unpaired) electrons. The maximum Gasteiger partial charge on any atom is 0.303 e. The van der Waals surface area contributed by atoms with Gasteiger partial charge in [-0.25, -0.2) is 13.8 Å². The monoisotopic (exact) mass is 496 g/mol. The molecular weight excluding hydrogens is 468 g/mol. The van der Waals surface area contributed by atoms with E-state index in [1.165, 1.54) is 17.1 Å². The third-order valence-electron chi connectivity index (χ3n) is 5.28. The molecule has 0 aromatic heterocycles. The van der Waals surface area contributed by atoms with Crippen LogP contribution in [-0.4, -0.2) is 43.2 Å². The Morgan fingerprint density at radius 2 is 1.74 bits per heavy atom. The molecular formula is C26H28N2O6S. The molecule has 8 nitrogen and oxygen atoms in total. The van der Waals surface area contributed by atoms with Gasteiger partial charge < -0.3 is 9.84 Å². The Morgan fingerprint density at radius 1 is 1.03 bits per heavy atom. The number of carbonyl (C=O) groups is 2. The van der Waals surface area contributed by atoms with Crippen molar-refractivity contribution in [2.24, 2.45) is 0 Å². The van der Waals surface area contributed by atoms with Crippen LogP contribution in [-0.2, 0) is 26.0 Å². The minimum atomic E-state index is -3.79. The van der Waals surface area contributed by atoms with Gasteiger partial charge in [-0.2, -0.15) is 0 Å². The first kappa shape index (κ1) is 25.9. The molecule has 0 aliphatic rings. The van der Waals surface area contributed by atoms with Gasteiger partial charge in [0.25, 0.3) is 0 Å². The molecule has 3 rings (SSSR count). The summed E-state index contributed by atoms with van der Waals surface area (Å²) in [5, 5.41) is 10.7. The molecule has 9 heteroatoms. The van der Waals surface area contributed by atoms with Gasteiger partial charge in [0.15, 0.2) is 9.84 Å². The van der Waals surface area contributed by atoms with Crippen molar-refractivity contribution in [1.29, 1.82) is 0 Å². The highest BCUT2D eigenvalue weighted by Crippen LogP contribution is 2.28. The highest BCUT2D eigenvalue weighted by atomic mass is 32.2. The van der Waals surface area contributed by atoms with Crippen LogP contribution in [0.2, 0.25) is 0 Å². The lowest BCUT2D eigenvalue weighted by Gasteiger charge is -2.17. The van der Waals surface area contributed by atoms with E-state index in [0.29, 0.717) is 30.2 Å². The first-order valence-electron chi connectivity index (χ1n) is 11.1. The second kappa shape index (κ2) is 12.1. The lowest BCUT2D eigenvalue weighted by atomic mass is 9.98. The van der Waals surface area contributed by atoms with Crippen molar-refractivity contribution in [3.63, 3.8) is 0 Å². The van der Waals surface area contributed by atoms with E-state index in [9.17, 15) is 23.1 Å². The Labute approximate surface area is 205 Å². The van der Waals surface area contributed by atoms with E-state index in [1.807, 2.05) is 19.1 Å². The van der Waals surface area contributed by atoms with Gasteiger partial charge in [-0.05, 0) is 41.5 Å². The van der Waals surface area contributed by atoms with Gasteiger partial charge in [-0.3, -0.25) is 14.6 Å². The molecule has 0 aliphatic heterocycles. The molecule has 0 fully saturated rings. The van der Waals surface area contributed by atoms with Gasteiger partial charge in [0.2, 0.25) is 6.41 Å². The van der Waals surface area contributed by atoms with E-state index < -0.39 is 21.7 Å². The number of hydrogen-bond donors (Lipinski definition) is 2. The van der Waals surface area contributed by atoms with Crippen LogP contribution in [0.25, 0.3) is 0 Å². The largest absolute Gasteiger partial charge is 0.481 e. The summed E-state index contributed by atoms with van der Waals surface area (Å²) in [6.45, 7) is 2.92. The van der Waals surface area contributed by atoms with Crippen molar-refractivity contribution in [3.05, 3.63) is 90.0 Å². The first-order chi connectivity index (χ1) is 16.8. The average molecular weight is 497 g/mol. The van der Waals surface area contributed by atoms with Crippen LogP contribution in [0.15, 0.2) is 83.8 Å². The Kier molecular flexibility index (Phi) is 8.99. The van der Waals surface area contributed by atoms with Crippen LogP contribution in [0.1, 0.15) is 30.4 Å². The fourth-order valence-electron chi connectivity index (χ4n) is 3.63. The van der Waals surface area contributed by atoms with Gasteiger partial charge in [0, 0.05) is 12.5 Å². The minimum Gasteiger partial charge on any atom is -0.481 e. The molecule has 0 spiro atoms. The van der Waals surface area contributed by atoms with Gasteiger partial charge >= 0.3 is 5.97 Å². The summed E-state index contributed by atoms with van der Waals surface area (Å²) in [5.74, 6) is -1.21. The topological polar surface area (TPSA) is 113 Å². The van der Waals surface area contributed by atoms with E-state index in [2.05, 4.69) is 5.43 Å². The number of carbonyl (C=O) groups excluding carboxylic acids is 1. The summed E-state index contributed by atoms with van der Waals surface area (Å²) in [6.07, 6.45) is 0.430. The Bertz CT molecular complexity index is 1230. The highest BCUT2D eigenvalue weighted by molar-refractivity contribution is 7.91. The summed E-state index contributed by atoms with van der Waals surface area (Å²) in [6, 6.07) is 22.0. The zero-order chi connectivity index (χ0) is 25.3. The van der Waals surface area contributed by atoms with Crippen LogP contribution >= 0.6 is 0 Å². The molecule has 3 aromatic carbocycles. The summed E-state index contributed by atoms with van der Waals surface area (Å²) in [5.41, 5.74) is 4.49. The number of carboxylic acid groups (broad SMARTS) is 1. The number of amides is 1. The molecule has 0 aliphatic carbocycles. The number of aliphatic carboxylic acids is 1. The molecule has 3 aromatic rings.